The van der Waals surface area contributed by atoms with Crippen LogP contribution in [-0.4, -0.2) is 17.1 Å². The second kappa shape index (κ2) is 7.66. The van der Waals surface area contributed by atoms with Crippen LogP contribution in [0.3, 0.4) is 0 Å². The Balaban J connectivity index is 1.62. The maximum Gasteiger partial charge on any atom is 0.0696 e. The molecule has 5 rings (SSSR count). The molecule has 2 aliphatic rings. The third-order valence-electron chi connectivity index (χ3n) is 6.89. The van der Waals surface area contributed by atoms with Gasteiger partial charge in [0.15, 0.2) is 0 Å². The van der Waals surface area contributed by atoms with Crippen LogP contribution in [0.25, 0.3) is 22.2 Å². The molecule has 28 heavy (non-hydrogen) atoms. The van der Waals surface area contributed by atoms with Crippen molar-refractivity contribution in [1.82, 2.24) is 4.98 Å². The Kier molecular flexibility index (Phi) is 4.88. The summed E-state index contributed by atoms with van der Waals surface area (Å²) in [6.07, 6.45) is 12.0. The van der Waals surface area contributed by atoms with Crippen LogP contribution in [0.4, 0.5) is 5.69 Å². The van der Waals surface area contributed by atoms with Gasteiger partial charge in [0.25, 0.3) is 0 Å². The normalized spacial score (nSPS) is 17.5. The van der Waals surface area contributed by atoms with E-state index in [1.54, 1.807) is 0 Å². The number of fused-ring (bicyclic) bond motifs is 1. The summed E-state index contributed by atoms with van der Waals surface area (Å²) in [5, 5.41) is 1.38. The Morgan fingerprint density at radius 3 is 2.25 bits per heavy atom. The number of H-pyrrole nitrogens is 1. The number of benzene rings is 2. The largest absolute Gasteiger partial charge is 0.364 e. The molecule has 1 heterocycles. The van der Waals surface area contributed by atoms with Gasteiger partial charge in [-0.2, -0.15) is 0 Å². The maximum absolute atomic E-state index is 3.81. The molecular formula is C26H32N2. The third kappa shape index (κ3) is 3.23. The zero-order chi connectivity index (χ0) is 18.9. The number of anilines is 1. The molecule has 0 saturated heterocycles. The SMILES string of the molecule is CCCCc1cc(N(C2CCC2)C2CCC2)c2[nH]c(-c3ccccc3)cc2c1. The molecule has 2 heteroatoms. The van der Waals surface area contributed by atoms with Gasteiger partial charge in [0, 0.05) is 23.2 Å². The highest BCUT2D eigenvalue weighted by atomic mass is 15.2. The lowest BCUT2D eigenvalue weighted by atomic mass is 9.83. The van der Waals surface area contributed by atoms with Gasteiger partial charge >= 0.3 is 0 Å². The van der Waals surface area contributed by atoms with Crippen molar-refractivity contribution < 1.29 is 0 Å². The second-order valence-electron chi connectivity index (χ2n) is 8.81. The average Bonchev–Trinajstić information content (AvgIpc) is 3.07. The van der Waals surface area contributed by atoms with Gasteiger partial charge in [-0.25, -0.2) is 0 Å². The topological polar surface area (TPSA) is 19.0 Å². The van der Waals surface area contributed by atoms with Gasteiger partial charge in [0.1, 0.15) is 0 Å². The predicted octanol–water partition coefficient (Wildman–Crippen LogP) is 7.09. The summed E-state index contributed by atoms with van der Waals surface area (Å²) in [4.78, 5) is 6.62. The molecule has 146 valence electrons. The van der Waals surface area contributed by atoms with E-state index >= 15 is 0 Å². The van der Waals surface area contributed by atoms with Gasteiger partial charge in [-0.15, -0.1) is 0 Å². The van der Waals surface area contributed by atoms with E-state index in [0.717, 1.165) is 12.1 Å². The number of nitrogens with zero attached hydrogens (tertiary/aromatic N) is 1. The molecule has 0 amide bonds. The zero-order valence-electron chi connectivity index (χ0n) is 17.1. The van der Waals surface area contributed by atoms with Crippen LogP contribution < -0.4 is 4.90 Å². The molecule has 2 saturated carbocycles. The van der Waals surface area contributed by atoms with E-state index in [9.17, 15) is 0 Å². The van der Waals surface area contributed by atoms with E-state index in [1.807, 2.05) is 0 Å². The predicted molar refractivity (Wildman–Crippen MR) is 120 cm³/mol. The first kappa shape index (κ1) is 17.8. The summed E-state index contributed by atoms with van der Waals surface area (Å²) >= 11 is 0. The number of aromatic nitrogens is 1. The quantitative estimate of drug-likeness (QED) is 0.469. The maximum atomic E-state index is 3.81. The van der Waals surface area contributed by atoms with E-state index < -0.39 is 0 Å². The minimum Gasteiger partial charge on any atom is -0.364 e. The van der Waals surface area contributed by atoms with Crippen molar-refractivity contribution in [2.24, 2.45) is 0 Å². The lowest BCUT2D eigenvalue weighted by Gasteiger charge is -2.48. The summed E-state index contributed by atoms with van der Waals surface area (Å²) in [6.45, 7) is 2.29. The van der Waals surface area contributed by atoms with E-state index in [0.29, 0.717) is 0 Å². The monoisotopic (exact) mass is 372 g/mol. The highest BCUT2D eigenvalue weighted by Crippen LogP contribution is 2.42. The second-order valence-corrected chi connectivity index (χ2v) is 8.81. The fourth-order valence-corrected chi connectivity index (χ4v) is 4.81. The van der Waals surface area contributed by atoms with Gasteiger partial charge in [-0.1, -0.05) is 43.7 Å². The smallest absolute Gasteiger partial charge is 0.0696 e. The number of aromatic amines is 1. The van der Waals surface area contributed by atoms with E-state index in [2.05, 4.69) is 65.3 Å². The highest BCUT2D eigenvalue weighted by Gasteiger charge is 2.35. The lowest BCUT2D eigenvalue weighted by Crippen LogP contribution is -2.50. The average molecular weight is 373 g/mol. The Morgan fingerprint density at radius 2 is 1.64 bits per heavy atom. The minimum absolute atomic E-state index is 0.749. The van der Waals surface area contributed by atoms with Crippen LogP contribution in [0.1, 0.15) is 63.9 Å². The minimum atomic E-state index is 0.749. The van der Waals surface area contributed by atoms with Gasteiger partial charge in [-0.3, -0.25) is 0 Å². The molecular weight excluding hydrogens is 340 g/mol. The summed E-state index contributed by atoms with van der Waals surface area (Å²) in [5.41, 5.74) is 6.84. The number of hydrogen-bond donors (Lipinski definition) is 1. The molecule has 2 nitrogen and oxygen atoms in total. The summed E-state index contributed by atoms with van der Waals surface area (Å²) in [5.74, 6) is 0. The number of aryl methyl sites for hydroxylation is 1. The van der Waals surface area contributed by atoms with Gasteiger partial charge in [0.2, 0.25) is 0 Å². The van der Waals surface area contributed by atoms with Crippen molar-refractivity contribution in [3.63, 3.8) is 0 Å². The highest BCUT2D eigenvalue weighted by molar-refractivity contribution is 5.96. The number of nitrogens with one attached hydrogen (secondary N) is 1. The molecule has 1 N–H and O–H groups in total. The van der Waals surface area contributed by atoms with Gasteiger partial charge < -0.3 is 9.88 Å². The third-order valence-corrected chi connectivity index (χ3v) is 6.89. The number of unbranched alkanes of at least 4 members (excludes halogenated alkanes) is 1. The van der Waals surface area contributed by atoms with Crippen molar-refractivity contribution in [2.75, 3.05) is 4.90 Å². The number of hydrogen-bond acceptors (Lipinski definition) is 1. The molecule has 0 aliphatic heterocycles. The van der Waals surface area contributed by atoms with Crippen LogP contribution in [0, 0.1) is 0 Å². The first-order chi connectivity index (χ1) is 13.8. The summed E-state index contributed by atoms with van der Waals surface area (Å²) < 4.78 is 0. The Labute approximate surface area is 169 Å². The summed E-state index contributed by atoms with van der Waals surface area (Å²) in [7, 11) is 0. The van der Waals surface area contributed by atoms with E-state index in [1.165, 1.54) is 91.2 Å². The molecule has 3 aromatic rings. The van der Waals surface area contributed by atoms with E-state index in [-0.39, 0.29) is 0 Å². The first-order valence-corrected chi connectivity index (χ1v) is 11.3. The fraction of sp³-hybridized carbons (Fsp3) is 0.462. The summed E-state index contributed by atoms with van der Waals surface area (Å²) in [6, 6.07) is 19.6. The molecule has 0 radical (unpaired) electrons. The van der Waals surface area contributed by atoms with Crippen LogP contribution in [0.5, 0.6) is 0 Å². The Morgan fingerprint density at radius 1 is 0.929 bits per heavy atom. The van der Waals surface area contributed by atoms with Crippen molar-refractivity contribution in [3.8, 4) is 11.3 Å². The molecule has 2 aliphatic carbocycles. The van der Waals surface area contributed by atoms with Crippen LogP contribution in [0.2, 0.25) is 0 Å². The van der Waals surface area contributed by atoms with E-state index in [4.69, 9.17) is 0 Å². The Hall–Kier alpha value is -2.22. The zero-order valence-corrected chi connectivity index (χ0v) is 17.1. The van der Waals surface area contributed by atoms with Gasteiger partial charge in [0.05, 0.1) is 11.2 Å². The van der Waals surface area contributed by atoms with Crippen molar-refractivity contribution in [2.45, 2.75) is 76.8 Å². The van der Waals surface area contributed by atoms with Crippen LogP contribution in [0.15, 0.2) is 48.5 Å². The van der Waals surface area contributed by atoms with Crippen LogP contribution in [-0.2, 0) is 6.42 Å². The molecule has 0 bridgehead atoms. The lowest BCUT2D eigenvalue weighted by molar-refractivity contribution is 0.297. The molecule has 0 spiro atoms. The molecule has 0 unspecified atom stereocenters. The standard InChI is InChI=1S/C26H32N2/c1-2-3-9-19-16-21-18-24(20-10-5-4-6-11-20)27-26(21)25(17-19)28(22-12-7-13-22)23-14-8-15-23/h4-6,10-11,16-18,22-23,27H,2-3,7-9,12-15H2,1H3. The van der Waals surface area contributed by atoms with Crippen LogP contribution >= 0.6 is 0 Å². The fourth-order valence-electron chi connectivity index (χ4n) is 4.81. The molecule has 0 atom stereocenters. The van der Waals surface area contributed by atoms with Crippen molar-refractivity contribution in [1.29, 1.82) is 0 Å². The van der Waals surface area contributed by atoms with Crippen molar-refractivity contribution in [3.05, 3.63) is 54.1 Å². The molecule has 1 aromatic heterocycles. The first-order valence-electron chi connectivity index (χ1n) is 11.3. The number of rotatable bonds is 7. The molecule has 2 aromatic carbocycles. The molecule has 2 fully saturated rings. The Bertz CT molecular complexity index is 918. The van der Waals surface area contributed by atoms with Gasteiger partial charge in [-0.05, 0) is 80.7 Å². The van der Waals surface area contributed by atoms with Crippen molar-refractivity contribution >= 4 is 16.6 Å².